The maximum Gasteiger partial charge on any atom is 0.303 e. The van der Waals surface area contributed by atoms with Crippen LogP contribution in [0.2, 0.25) is 0 Å². The first-order chi connectivity index (χ1) is 7.68. The summed E-state index contributed by atoms with van der Waals surface area (Å²) in [5.74, 6) is 0.135. The molecule has 16 heavy (non-hydrogen) atoms. The highest BCUT2D eigenvalue weighted by Crippen LogP contribution is 2.28. The van der Waals surface area contributed by atoms with Gasteiger partial charge < -0.3 is 14.7 Å². The molecule has 0 atom stereocenters. The Bertz CT molecular complexity index is 204. The topological polar surface area (TPSA) is 49.8 Å². The van der Waals surface area contributed by atoms with E-state index in [4.69, 9.17) is 9.84 Å². The number of carboxylic acids is 1. The molecule has 0 unspecified atom stereocenters. The number of hydrogen-bond donors (Lipinski definition) is 1. The van der Waals surface area contributed by atoms with Gasteiger partial charge in [0.1, 0.15) is 0 Å². The molecule has 94 valence electrons. The molecule has 1 saturated carbocycles. The van der Waals surface area contributed by atoms with Gasteiger partial charge in [-0.25, -0.2) is 0 Å². The molecule has 1 N–H and O–H groups in total. The van der Waals surface area contributed by atoms with Gasteiger partial charge in [0, 0.05) is 19.6 Å². The molecular weight excluding hydrogens is 206 g/mol. The van der Waals surface area contributed by atoms with Crippen LogP contribution in [0.15, 0.2) is 0 Å². The van der Waals surface area contributed by atoms with Crippen LogP contribution in [0.3, 0.4) is 0 Å². The Hall–Kier alpha value is -0.610. The normalized spacial score (nSPS) is 15.6. The Morgan fingerprint density at radius 1 is 1.38 bits per heavy atom. The molecule has 0 aromatic carbocycles. The minimum atomic E-state index is -0.699. The molecule has 0 bridgehead atoms. The third-order valence-electron chi connectivity index (χ3n) is 2.85. The zero-order valence-corrected chi connectivity index (χ0v) is 10.2. The van der Waals surface area contributed by atoms with E-state index in [1.807, 2.05) is 0 Å². The zero-order valence-electron chi connectivity index (χ0n) is 10.2. The minimum absolute atomic E-state index is 0.284. The summed E-state index contributed by atoms with van der Waals surface area (Å²) in [4.78, 5) is 12.5. The summed E-state index contributed by atoms with van der Waals surface area (Å²) in [6.45, 7) is 3.62. The Morgan fingerprint density at radius 2 is 2.12 bits per heavy atom. The molecular formula is C12H23NO3. The van der Waals surface area contributed by atoms with Gasteiger partial charge in [-0.3, -0.25) is 4.79 Å². The Kier molecular flexibility index (Phi) is 6.42. The van der Waals surface area contributed by atoms with Crippen molar-refractivity contribution in [1.82, 2.24) is 4.90 Å². The van der Waals surface area contributed by atoms with E-state index in [1.165, 1.54) is 12.8 Å². The van der Waals surface area contributed by atoms with Crippen molar-refractivity contribution < 1.29 is 14.6 Å². The third kappa shape index (κ3) is 7.65. The zero-order chi connectivity index (χ0) is 11.8. The molecule has 1 aliphatic rings. The Morgan fingerprint density at radius 3 is 2.75 bits per heavy atom. The molecule has 0 aromatic heterocycles. The summed E-state index contributed by atoms with van der Waals surface area (Å²) in [6, 6.07) is 0. The van der Waals surface area contributed by atoms with Crippen molar-refractivity contribution >= 4 is 5.97 Å². The highest BCUT2D eigenvalue weighted by molar-refractivity contribution is 5.66. The first kappa shape index (κ1) is 13.5. The van der Waals surface area contributed by atoms with E-state index in [-0.39, 0.29) is 6.42 Å². The molecule has 1 fully saturated rings. The van der Waals surface area contributed by atoms with Gasteiger partial charge in [-0.1, -0.05) is 0 Å². The fourth-order valence-electron chi connectivity index (χ4n) is 1.52. The second kappa shape index (κ2) is 7.63. The quantitative estimate of drug-likeness (QED) is 0.578. The van der Waals surface area contributed by atoms with Crippen LogP contribution in [0.25, 0.3) is 0 Å². The number of carbonyl (C=O) groups is 1. The number of likely N-dealkylation sites (N-methyl/N-ethyl adjacent to an activating group) is 1. The lowest BCUT2D eigenvalue weighted by Gasteiger charge is -2.16. The smallest absolute Gasteiger partial charge is 0.303 e. The molecule has 0 spiro atoms. The lowest BCUT2D eigenvalue weighted by molar-refractivity contribution is -0.137. The van der Waals surface area contributed by atoms with Crippen LogP contribution in [0, 0.1) is 5.92 Å². The van der Waals surface area contributed by atoms with Crippen molar-refractivity contribution in [1.29, 1.82) is 0 Å². The highest BCUT2D eigenvalue weighted by atomic mass is 16.5. The largest absolute Gasteiger partial charge is 0.481 e. The van der Waals surface area contributed by atoms with E-state index in [1.54, 1.807) is 0 Å². The molecule has 1 aliphatic carbocycles. The van der Waals surface area contributed by atoms with Gasteiger partial charge >= 0.3 is 5.97 Å². The SMILES string of the molecule is CN(CCCCC(=O)O)CCOCC1CC1. The van der Waals surface area contributed by atoms with Crippen LogP contribution >= 0.6 is 0 Å². The van der Waals surface area contributed by atoms with E-state index < -0.39 is 5.97 Å². The summed E-state index contributed by atoms with van der Waals surface area (Å²) >= 11 is 0. The van der Waals surface area contributed by atoms with E-state index >= 15 is 0 Å². The van der Waals surface area contributed by atoms with Crippen LogP contribution in [-0.2, 0) is 9.53 Å². The van der Waals surface area contributed by atoms with Crippen LogP contribution in [0.1, 0.15) is 32.1 Å². The summed E-state index contributed by atoms with van der Waals surface area (Å²) in [5.41, 5.74) is 0. The van der Waals surface area contributed by atoms with Gasteiger partial charge in [0.2, 0.25) is 0 Å². The number of unbranched alkanes of at least 4 members (excludes halogenated alkanes) is 1. The molecule has 0 saturated heterocycles. The number of hydrogen-bond acceptors (Lipinski definition) is 3. The number of rotatable bonds is 10. The molecule has 0 aromatic rings. The first-order valence-electron chi connectivity index (χ1n) is 6.16. The van der Waals surface area contributed by atoms with E-state index in [0.717, 1.165) is 45.1 Å². The van der Waals surface area contributed by atoms with Crippen molar-refractivity contribution in [2.45, 2.75) is 32.1 Å². The molecule has 0 radical (unpaired) electrons. The average molecular weight is 229 g/mol. The molecule has 1 rings (SSSR count). The van der Waals surface area contributed by atoms with Gasteiger partial charge in [-0.15, -0.1) is 0 Å². The second-order valence-electron chi connectivity index (χ2n) is 4.67. The monoisotopic (exact) mass is 229 g/mol. The summed E-state index contributed by atoms with van der Waals surface area (Å²) in [6.07, 6.45) is 4.68. The number of ether oxygens (including phenoxy) is 1. The maximum absolute atomic E-state index is 10.3. The van der Waals surface area contributed by atoms with Gasteiger partial charge in [0.25, 0.3) is 0 Å². The molecule has 0 heterocycles. The molecule has 4 nitrogen and oxygen atoms in total. The fraction of sp³-hybridized carbons (Fsp3) is 0.917. The van der Waals surface area contributed by atoms with Crippen molar-refractivity contribution in [3.8, 4) is 0 Å². The van der Waals surface area contributed by atoms with Crippen molar-refractivity contribution in [3.05, 3.63) is 0 Å². The lowest BCUT2D eigenvalue weighted by atomic mass is 10.2. The van der Waals surface area contributed by atoms with Crippen LogP contribution in [-0.4, -0.2) is 49.3 Å². The van der Waals surface area contributed by atoms with Crippen molar-refractivity contribution in [3.63, 3.8) is 0 Å². The standard InChI is InChI=1S/C12H23NO3/c1-13(7-3-2-4-12(14)15)8-9-16-10-11-5-6-11/h11H,2-10H2,1H3,(H,14,15). The average Bonchev–Trinajstić information content (AvgIpc) is 3.03. The minimum Gasteiger partial charge on any atom is -0.481 e. The highest BCUT2D eigenvalue weighted by Gasteiger charge is 2.20. The van der Waals surface area contributed by atoms with Crippen LogP contribution in [0.5, 0.6) is 0 Å². The van der Waals surface area contributed by atoms with Gasteiger partial charge in [0.05, 0.1) is 6.61 Å². The van der Waals surface area contributed by atoms with Crippen molar-refractivity contribution in [2.75, 3.05) is 33.4 Å². The Labute approximate surface area is 97.6 Å². The van der Waals surface area contributed by atoms with Crippen LogP contribution in [0.4, 0.5) is 0 Å². The molecule has 0 aliphatic heterocycles. The summed E-state index contributed by atoms with van der Waals surface area (Å²) in [5, 5.41) is 8.48. The van der Waals surface area contributed by atoms with Gasteiger partial charge in [0.15, 0.2) is 0 Å². The Balaban J connectivity index is 1.81. The second-order valence-corrected chi connectivity index (χ2v) is 4.67. The first-order valence-corrected chi connectivity index (χ1v) is 6.16. The van der Waals surface area contributed by atoms with Gasteiger partial charge in [-0.2, -0.15) is 0 Å². The van der Waals surface area contributed by atoms with E-state index in [9.17, 15) is 4.79 Å². The molecule has 0 amide bonds. The molecule has 4 heteroatoms. The summed E-state index contributed by atoms with van der Waals surface area (Å²) < 4.78 is 5.54. The van der Waals surface area contributed by atoms with Crippen LogP contribution < -0.4 is 0 Å². The predicted octanol–water partition coefficient (Wildman–Crippen LogP) is 1.60. The van der Waals surface area contributed by atoms with E-state index in [2.05, 4.69) is 11.9 Å². The predicted molar refractivity (Wildman–Crippen MR) is 62.5 cm³/mol. The van der Waals surface area contributed by atoms with E-state index in [0.29, 0.717) is 0 Å². The number of aliphatic carboxylic acids is 1. The number of nitrogens with zero attached hydrogens (tertiary/aromatic N) is 1. The number of carboxylic acid groups (broad SMARTS) is 1. The lowest BCUT2D eigenvalue weighted by Crippen LogP contribution is -2.24. The maximum atomic E-state index is 10.3. The third-order valence-corrected chi connectivity index (χ3v) is 2.85. The van der Waals surface area contributed by atoms with Crippen molar-refractivity contribution in [2.24, 2.45) is 5.92 Å². The van der Waals surface area contributed by atoms with Gasteiger partial charge in [-0.05, 0) is 45.2 Å². The summed E-state index contributed by atoms with van der Waals surface area (Å²) in [7, 11) is 2.06. The fourth-order valence-corrected chi connectivity index (χ4v) is 1.52.